The number of Topliss-reactive ketones (excluding diaryl/α,β-unsaturated/α-hetero) is 1. The molecule has 3 heterocycles. The molecule has 0 amide bonds. The maximum absolute atomic E-state index is 13.0. The van der Waals surface area contributed by atoms with Gasteiger partial charge in [0.15, 0.2) is 11.6 Å². The molecule has 0 unspecified atom stereocenters. The Bertz CT molecular complexity index is 1290. The molecule has 2 aromatic carbocycles. The highest BCUT2D eigenvalue weighted by atomic mass is 35.5. The quantitative estimate of drug-likeness (QED) is 0.402. The Labute approximate surface area is 195 Å². The van der Waals surface area contributed by atoms with E-state index in [1.165, 1.54) is 12.7 Å². The van der Waals surface area contributed by atoms with Crippen LogP contribution in [0, 0.1) is 0 Å². The molecule has 1 fully saturated rings. The first kappa shape index (κ1) is 21.6. The number of ketones is 1. The molecule has 0 saturated carbocycles. The van der Waals surface area contributed by atoms with Crippen molar-refractivity contribution in [1.29, 1.82) is 0 Å². The zero-order valence-corrected chi connectivity index (χ0v) is 19.0. The van der Waals surface area contributed by atoms with Crippen LogP contribution in [-0.4, -0.2) is 64.3 Å². The van der Waals surface area contributed by atoms with Crippen molar-refractivity contribution in [3.05, 3.63) is 64.3 Å². The Balaban J connectivity index is 1.38. The van der Waals surface area contributed by atoms with E-state index in [1.54, 1.807) is 24.4 Å². The second-order valence-electron chi connectivity index (χ2n) is 8.04. The number of ether oxygens (including phenoxy) is 2. The van der Waals surface area contributed by atoms with E-state index < -0.39 is 0 Å². The van der Waals surface area contributed by atoms with Crippen molar-refractivity contribution in [2.45, 2.75) is 13.0 Å². The number of hydrogen-bond acceptors (Lipinski definition) is 6. The van der Waals surface area contributed by atoms with Gasteiger partial charge in [0.05, 0.1) is 43.1 Å². The summed E-state index contributed by atoms with van der Waals surface area (Å²) in [4.78, 5) is 23.5. The van der Waals surface area contributed by atoms with Crippen LogP contribution in [0.1, 0.15) is 21.5 Å². The van der Waals surface area contributed by atoms with E-state index in [0.29, 0.717) is 27.9 Å². The van der Waals surface area contributed by atoms with Gasteiger partial charge >= 0.3 is 0 Å². The van der Waals surface area contributed by atoms with Crippen LogP contribution in [0.4, 0.5) is 0 Å². The largest absolute Gasteiger partial charge is 0.496 e. The molecule has 4 aromatic rings. The average molecular weight is 466 g/mol. The first-order valence-corrected chi connectivity index (χ1v) is 11.2. The molecule has 1 saturated heterocycles. The van der Waals surface area contributed by atoms with Crippen molar-refractivity contribution in [2.24, 2.45) is 0 Å². The average Bonchev–Trinajstić information content (AvgIpc) is 3.46. The van der Waals surface area contributed by atoms with Crippen LogP contribution < -0.4 is 4.74 Å². The van der Waals surface area contributed by atoms with Crippen molar-refractivity contribution in [1.82, 2.24) is 25.1 Å². The number of nitrogens with one attached hydrogen (secondary N) is 2. The lowest BCUT2D eigenvalue weighted by Gasteiger charge is -2.26. The first-order valence-electron chi connectivity index (χ1n) is 10.8. The number of morpholine rings is 1. The summed E-state index contributed by atoms with van der Waals surface area (Å²) >= 11 is 6.10. The molecule has 1 aliphatic rings. The fraction of sp³-hybridized carbons (Fsp3) is 0.292. The van der Waals surface area contributed by atoms with Crippen LogP contribution in [0.3, 0.4) is 0 Å². The predicted molar refractivity (Wildman–Crippen MR) is 126 cm³/mol. The summed E-state index contributed by atoms with van der Waals surface area (Å²) in [5, 5.41) is 7.63. The van der Waals surface area contributed by atoms with Crippen molar-refractivity contribution in [2.75, 3.05) is 33.4 Å². The van der Waals surface area contributed by atoms with Gasteiger partial charge in [-0.2, -0.15) is 5.10 Å². The normalized spacial score (nSPS) is 14.6. The van der Waals surface area contributed by atoms with E-state index >= 15 is 0 Å². The number of hydrogen-bond donors (Lipinski definition) is 2. The van der Waals surface area contributed by atoms with Gasteiger partial charge in [-0.3, -0.25) is 14.8 Å². The number of aromatic nitrogens is 4. The van der Waals surface area contributed by atoms with Crippen molar-refractivity contribution < 1.29 is 14.3 Å². The van der Waals surface area contributed by atoms with E-state index in [2.05, 4.69) is 32.2 Å². The lowest BCUT2D eigenvalue weighted by atomic mass is 10.0. The third-order valence-corrected chi connectivity index (χ3v) is 6.06. The van der Waals surface area contributed by atoms with Gasteiger partial charge in [0, 0.05) is 36.6 Å². The molecule has 170 valence electrons. The third-order valence-electron chi connectivity index (χ3n) is 5.82. The Kier molecular flexibility index (Phi) is 6.13. The lowest BCUT2D eigenvalue weighted by molar-refractivity contribution is 0.0342. The molecule has 2 aromatic heterocycles. The Morgan fingerprint density at radius 1 is 1.21 bits per heavy atom. The summed E-state index contributed by atoms with van der Waals surface area (Å²) in [7, 11) is 1.53. The van der Waals surface area contributed by atoms with Gasteiger partial charge in [-0.05, 0) is 35.9 Å². The standard InChI is InChI=1S/C24H24ClN5O3/c1-32-22-5-3-17(25)12-18(22)21(31)11-16-13-26-29-23(16)24-27-19-4-2-15(10-20(19)28-24)14-30-6-8-33-9-7-30/h2-5,10,12-13H,6-9,11,14H2,1H3,(H,26,29)(H,27,28). The maximum atomic E-state index is 13.0. The van der Waals surface area contributed by atoms with Gasteiger partial charge < -0.3 is 14.5 Å². The van der Waals surface area contributed by atoms with E-state index in [0.717, 1.165) is 49.4 Å². The second-order valence-corrected chi connectivity index (χ2v) is 8.48. The molecule has 33 heavy (non-hydrogen) atoms. The first-order chi connectivity index (χ1) is 16.1. The molecule has 0 radical (unpaired) electrons. The van der Waals surface area contributed by atoms with Gasteiger partial charge in [-0.1, -0.05) is 17.7 Å². The van der Waals surface area contributed by atoms with Crippen LogP contribution in [0.2, 0.25) is 5.02 Å². The highest BCUT2D eigenvalue weighted by Gasteiger charge is 2.19. The summed E-state index contributed by atoms with van der Waals surface area (Å²) in [6, 6.07) is 11.3. The number of carbonyl (C=O) groups excluding carboxylic acids is 1. The van der Waals surface area contributed by atoms with Gasteiger partial charge in [0.25, 0.3) is 0 Å². The Morgan fingerprint density at radius 2 is 2.06 bits per heavy atom. The van der Waals surface area contributed by atoms with Gasteiger partial charge in [-0.15, -0.1) is 0 Å². The minimum absolute atomic E-state index is 0.110. The number of rotatable bonds is 7. The molecular weight excluding hydrogens is 442 g/mol. The van der Waals surface area contributed by atoms with Crippen LogP contribution in [0.25, 0.3) is 22.6 Å². The number of imidazole rings is 1. The maximum Gasteiger partial charge on any atom is 0.171 e. The molecule has 2 N–H and O–H groups in total. The highest BCUT2D eigenvalue weighted by Crippen LogP contribution is 2.27. The molecule has 5 rings (SSSR count). The summed E-state index contributed by atoms with van der Waals surface area (Å²) in [6.45, 7) is 4.31. The Hall–Kier alpha value is -3.20. The molecule has 0 spiro atoms. The summed E-state index contributed by atoms with van der Waals surface area (Å²) in [5.74, 6) is 1.03. The number of nitrogens with zero attached hydrogens (tertiary/aromatic N) is 3. The number of H-pyrrole nitrogens is 2. The SMILES string of the molecule is COc1ccc(Cl)cc1C(=O)Cc1cn[nH]c1-c1nc2ccc(CN3CCOCC3)cc2[nH]1. The molecule has 0 atom stereocenters. The molecule has 1 aliphatic heterocycles. The number of benzene rings is 2. The molecule has 0 aliphatic carbocycles. The van der Waals surface area contributed by atoms with Crippen molar-refractivity contribution in [3.63, 3.8) is 0 Å². The third kappa shape index (κ3) is 4.64. The molecule has 8 nitrogen and oxygen atoms in total. The zero-order valence-electron chi connectivity index (χ0n) is 18.2. The van der Waals surface area contributed by atoms with E-state index in [4.69, 9.17) is 26.1 Å². The lowest BCUT2D eigenvalue weighted by Crippen LogP contribution is -2.35. The topological polar surface area (TPSA) is 96.1 Å². The minimum atomic E-state index is -0.110. The second kappa shape index (κ2) is 9.35. The molecule has 9 heteroatoms. The van der Waals surface area contributed by atoms with E-state index in [1.807, 2.05) is 6.07 Å². The number of carbonyl (C=O) groups is 1. The number of fused-ring (bicyclic) bond motifs is 1. The van der Waals surface area contributed by atoms with Crippen LogP contribution in [0.5, 0.6) is 5.75 Å². The summed E-state index contributed by atoms with van der Waals surface area (Å²) < 4.78 is 10.8. The number of halogens is 1. The van der Waals surface area contributed by atoms with Crippen LogP contribution >= 0.6 is 11.6 Å². The number of aromatic amines is 2. The fourth-order valence-electron chi connectivity index (χ4n) is 4.11. The van der Waals surface area contributed by atoms with Crippen molar-refractivity contribution in [3.8, 4) is 17.3 Å². The van der Waals surface area contributed by atoms with E-state index in [-0.39, 0.29) is 12.2 Å². The zero-order chi connectivity index (χ0) is 22.8. The van der Waals surface area contributed by atoms with Gasteiger partial charge in [0.1, 0.15) is 11.4 Å². The van der Waals surface area contributed by atoms with Crippen LogP contribution in [0.15, 0.2) is 42.6 Å². The van der Waals surface area contributed by atoms with Gasteiger partial charge in [0.2, 0.25) is 0 Å². The van der Waals surface area contributed by atoms with Crippen LogP contribution in [-0.2, 0) is 17.7 Å². The monoisotopic (exact) mass is 465 g/mol. The minimum Gasteiger partial charge on any atom is -0.496 e. The summed E-state index contributed by atoms with van der Waals surface area (Å²) in [5.41, 5.74) is 4.89. The molecular formula is C24H24ClN5O3. The summed E-state index contributed by atoms with van der Waals surface area (Å²) in [6.07, 6.45) is 1.79. The predicted octanol–water partition coefficient (Wildman–Crippen LogP) is 3.87. The smallest absolute Gasteiger partial charge is 0.171 e. The van der Waals surface area contributed by atoms with E-state index in [9.17, 15) is 4.79 Å². The van der Waals surface area contributed by atoms with Gasteiger partial charge in [-0.25, -0.2) is 4.98 Å². The Morgan fingerprint density at radius 3 is 2.88 bits per heavy atom. The molecule has 0 bridgehead atoms. The fourth-order valence-corrected chi connectivity index (χ4v) is 4.28. The highest BCUT2D eigenvalue weighted by molar-refractivity contribution is 6.31. The van der Waals surface area contributed by atoms with Crippen molar-refractivity contribution >= 4 is 28.4 Å². The number of methoxy groups -OCH3 is 1.